The molecule has 3 rings (SSSR count). The summed E-state index contributed by atoms with van der Waals surface area (Å²) in [4.78, 5) is 16.8. The Morgan fingerprint density at radius 1 is 1.41 bits per heavy atom. The van der Waals surface area contributed by atoms with Crippen molar-refractivity contribution >= 4 is 22.6 Å². The largest absolute Gasteiger partial charge is 0.325 e. The van der Waals surface area contributed by atoms with Gasteiger partial charge >= 0.3 is 0 Å². The molecule has 5 nitrogen and oxygen atoms in total. The first-order chi connectivity index (χ1) is 8.24. The third kappa shape index (κ3) is 1.80. The van der Waals surface area contributed by atoms with Crippen LogP contribution in [0, 0.1) is 10.1 Å². The van der Waals surface area contributed by atoms with Gasteiger partial charge in [-0.05, 0) is 23.1 Å². The summed E-state index contributed by atoms with van der Waals surface area (Å²) < 4.78 is 0. The molecule has 0 radical (unpaired) electrons. The first-order valence-electron chi connectivity index (χ1n) is 5.16. The van der Waals surface area contributed by atoms with Crippen molar-refractivity contribution in [1.29, 1.82) is 0 Å². The van der Waals surface area contributed by atoms with Crippen LogP contribution in [-0.4, -0.2) is 21.5 Å². The van der Waals surface area contributed by atoms with Gasteiger partial charge in [0.15, 0.2) is 5.17 Å². The second kappa shape index (κ2) is 3.89. The van der Waals surface area contributed by atoms with E-state index in [1.54, 1.807) is 23.9 Å². The van der Waals surface area contributed by atoms with Crippen LogP contribution in [0.2, 0.25) is 0 Å². The maximum atomic E-state index is 10.6. The Kier molecular flexibility index (Phi) is 2.36. The molecule has 17 heavy (non-hydrogen) atoms. The summed E-state index contributed by atoms with van der Waals surface area (Å²) in [5.41, 5.74) is 1.14. The Morgan fingerprint density at radius 2 is 2.18 bits per heavy atom. The van der Waals surface area contributed by atoms with Crippen molar-refractivity contribution < 1.29 is 4.92 Å². The minimum Gasteiger partial charge on any atom is -0.325 e. The highest BCUT2D eigenvalue weighted by Crippen LogP contribution is 2.33. The molecule has 0 unspecified atom stereocenters. The van der Waals surface area contributed by atoms with E-state index in [0.29, 0.717) is 0 Å². The fourth-order valence-electron chi connectivity index (χ4n) is 1.90. The second-order valence-corrected chi connectivity index (χ2v) is 4.70. The number of rotatable bonds is 2. The van der Waals surface area contributed by atoms with E-state index in [4.69, 9.17) is 0 Å². The quantitative estimate of drug-likeness (QED) is 0.595. The number of benzene rings is 1. The Morgan fingerprint density at radius 3 is 2.82 bits per heavy atom. The van der Waals surface area contributed by atoms with Crippen molar-refractivity contribution in [3.63, 3.8) is 0 Å². The van der Waals surface area contributed by atoms with E-state index >= 15 is 0 Å². The molecule has 0 saturated heterocycles. The van der Waals surface area contributed by atoms with Crippen molar-refractivity contribution in [3.8, 4) is 0 Å². The first-order valence-corrected chi connectivity index (χ1v) is 6.04. The number of nitrogens with zero attached hydrogens (tertiary/aromatic N) is 3. The molecule has 2 aliphatic rings. The summed E-state index contributed by atoms with van der Waals surface area (Å²) >= 11 is 1.61. The summed E-state index contributed by atoms with van der Waals surface area (Å²) in [5, 5.41) is 13.6. The third-order valence-electron chi connectivity index (χ3n) is 2.78. The van der Waals surface area contributed by atoms with Crippen LogP contribution in [0.25, 0.3) is 0 Å². The summed E-state index contributed by atoms with van der Waals surface area (Å²) in [6.07, 6.45) is 2.01. The zero-order valence-electron chi connectivity index (χ0n) is 8.81. The maximum Gasteiger partial charge on any atom is 0.269 e. The number of hydrogen-bond donors (Lipinski definition) is 0. The molecule has 0 aliphatic carbocycles. The number of nitro groups is 1. The van der Waals surface area contributed by atoms with E-state index in [-0.39, 0.29) is 16.7 Å². The molecule has 0 saturated carbocycles. The molecule has 0 aromatic heterocycles. The minimum absolute atomic E-state index is 0.0863. The number of aliphatic imine (C=N–C) groups is 1. The van der Waals surface area contributed by atoms with Crippen LogP contribution in [0.15, 0.2) is 40.9 Å². The SMILES string of the molecule is O=[N+]([O-])c1ccc([C@H]2CN3C=CSC3=N2)cc1. The van der Waals surface area contributed by atoms with Crippen molar-refractivity contribution in [2.24, 2.45) is 4.99 Å². The Hall–Kier alpha value is -1.82. The Bertz CT molecular complexity index is 524. The lowest BCUT2D eigenvalue weighted by Crippen LogP contribution is -2.15. The number of hydrogen-bond acceptors (Lipinski definition) is 5. The number of fused-ring (bicyclic) bond motifs is 1. The van der Waals surface area contributed by atoms with Crippen LogP contribution in [0.5, 0.6) is 0 Å². The molecule has 86 valence electrons. The van der Waals surface area contributed by atoms with E-state index in [0.717, 1.165) is 17.3 Å². The van der Waals surface area contributed by atoms with E-state index < -0.39 is 0 Å². The zero-order valence-corrected chi connectivity index (χ0v) is 9.63. The lowest BCUT2D eigenvalue weighted by Gasteiger charge is -2.10. The van der Waals surface area contributed by atoms with Crippen LogP contribution in [-0.2, 0) is 0 Å². The number of thioether (sulfide) groups is 1. The van der Waals surface area contributed by atoms with Gasteiger partial charge in [-0.15, -0.1) is 0 Å². The summed E-state index contributed by atoms with van der Waals surface area (Å²) in [7, 11) is 0. The number of nitro benzene ring substituents is 1. The van der Waals surface area contributed by atoms with Gasteiger partial charge in [0.05, 0.1) is 17.5 Å². The van der Waals surface area contributed by atoms with Gasteiger partial charge in [0.1, 0.15) is 0 Å². The molecular formula is C11H9N3O2S. The second-order valence-electron chi connectivity index (χ2n) is 3.83. The van der Waals surface area contributed by atoms with Crippen molar-refractivity contribution in [2.75, 3.05) is 6.54 Å². The predicted molar refractivity (Wildman–Crippen MR) is 66.7 cm³/mol. The highest BCUT2D eigenvalue weighted by Gasteiger charge is 2.27. The maximum absolute atomic E-state index is 10.6. The standard InChI is InChI=1S/C11H9N3O2S/c15-14(16)9-3-1-8(2-4-9)10-7-13-5-6-17-11(13)12-10/h1-6,10H,7H2/t10-/m1/s1. The van der Waals surface area contributed by atoms with Crippen LogP contribution in [0.3, 0.4) is 0 Å². The molecule has 0 bridgehead atoms. The minimum atomic E-state index is -0.388. The summed E-state index contributed by atoms with van der Waals surface area (Å²) in [6.45, 7) is 0.816. The van der Waals surface area contributed by atoms with Crippen molar-refractivity contribution in [1.82, 2.24) is 4.90 Å². The summed E-state index contributed by atoms with van der Waals surface area (Å²) in [6, 6.07) is 6.71. The average Bonchev–Trinajstić information content (AvgIpc) is 2.89. The monoisotopic (exact) mass is 247 g/mol. The first kappa shape index (κ1) is 10.3. The number of amidine groups is 1. The molecule has 0 amide bonds. The van der Waals surface area contributed by atoms with Crippen molar-refractivity contribution in [2.45, 2.75) is 6.04 Å². The van der Waals surface area contributed by atoms with Gasteiger partial charge in [-0.1, -0.05) is 11.8 Å². The smallest absolute Gasteiger partial charge is 0.269 e. The van der Waals surface area contributed by atoms with Crippen LogP contribution < -0.4 is 0 Å². The topological polar surface area (TPSA) is 58.7 Å². The Labute approximate surface area is 102 Å². The van der Waals surface area contributed by atoms with Gasteiger partial charge in [-0.3, -0.25) is 15.1 Å². The Balaban J connectivity index is 1.82. The van der Waals surface area contributed by atoms with Gasteiger partial charge in [0, 0.05) is 18.3 Å². The lowest BCUT2D eigenvalue weighted by atomic mass is 10.1. The molecule has 0 N–H and O–H groups in total. The third-order valence-corrected chi connectivity index (χ3v) is 3.59. The molecule has 0 spiro atoms. The van der Waals surface area contributed by atoms with Gasteiger partial charge < -0.3 is 4.90 Å². The molecule has 2 heterocycles. The van der Waals surface area contributed by atoms with E-state index in [1.165, 1.54) is 12.1 Å². The lowest BCUT2D eigenvalue weighted by molar-refractivity contribution is -0.384. The fraction of sp³-hybridized carbons (Fsp3) is 0.182. The van der Waals surface area contributed by atoms with Gasteiger partial charge in [0.25, 0.3) is 5.69 Å². The van der Waals surface area contributed by atoms with Crippen LogP contribution >= 0.6 is 11.8 Å². The highest BCUT2D eigenvalue weighted by atomic mass is 32.2. The average molecular weight is 247 g/mol. The molecule has 1 aromatic rings. The predicted octanol–water partition coefficient (Wildman–Crippen LogP) is 2.53. The molecule has 0 fully saturated rings. The van der Waals surface area contributed by atoms with E-state index in [9.17, 15) is 10.1 Å². The molecule has 6 heteroatoms. The van der Waals surface area contributed by atoms with Crippen molar-refractivity contribution in [3.05, 3.63) is 51.6 Å². The summed E-state index contributed by atoms with van der Waals surface area (Å²) in [5.74, 6) is 0. The normalized spacial score (nSPS) is 21.5. The van der Waals surface area contributed by atoms with Crippen LogP contribution in [0.4, 0.5) is 5.69 Å². The molecule has 2 aliphatic heterocycles. The van der Waals surface area contributed by atoms with E-state index in [1.807, 2.05) is 11.6 Å². The van der Waals surface area contributed by atoms with Crippen LogP contribution in [0.1, 0.15) is 11.6 Å². The highest BCUT2D eigenvalue weighted by molar-refractivity contribution is 8.16. The van der Waals surface area contributed by atoms with Gasteiger partial charge in [0.2, 0.25) is 0 Å². The van der Waals surface area contributed by atoms with Gasteiger partial charge in [-0.2, -0.15) is 0 Å². The molecule has 1 atom stereocenters. The van der Waals surface area contributed by atoms with E-state index in [2.05, 4.69) is 9.89 Å². The molecule has 1 aromatic carbocycles. The molecular weight excluding hydrogens is 238 g/mol. The fourth-order valence-corrected chi connectivity index (χ4v) is 2.69. The number of non-ortho nitro benzene ring substituents is 1. The zero-order chi connectivity index (χ0) is 11.8. The van der Waals surface area contributed by atoms with Gasteiger partial charge in [-0.25, -0.2) is 0 Å².